The molecule has 0 aliphatic rings. The molecule has 5 heteroatoms. The highest BCUT2D eigenvalue weighted by atomic mass is 16.5. The molecule has 0 bridgehead atoms. The highest BCUT2D eigenvalue weighted by molar-refractivity contribution is 5.94. The Morgan fingerprint density at radius 1 is 1.16 bits per heavy atom. The highest BCUT2D eigenvalue weighted by Crippen LogP contribution is 2.20. The third kappa shape index (κ3) is 4.92. The van der Waals surface area contributed by atoms with Crippen LogP contribution in [0.4, 0.5) is 5.69 Å². The summed E-state index contributed by atoms with van der Waals surface area (Å²) in [5, 5.41) is 8.85. The summed E-state index contributed by atoms with van der Waals surface area (Å²) in [5.74, 6) is 0.289. The number of carbonyl (C=O) groups is 2. The van der Waals surface area contributed by atoms with Crippen LogP contribution in [-0.4, -0.2) is 25.3 Å². The van der Waals surface area contributed by atoms with Crippen molar-refractivity contribution in [2.45, 2.75) is 20.3 Å². The molecule has 0 saturated heterocycles. The lowest BCUT2D eigenvalue weighted by molar-refractivity contribution is -0.120. The van der Waals surface area contributed by atoms with E-state index in [-0.39, 0.29) is 18.9 Å². The van der Waals surface area contributed by atoms with Gasteiger partial charge in [0.15, 0.2) is 6.61 Å². The van der Waals surface area contributed by atoms with Gasteiger partial charge in [-0.15, -0.1) is 0 Å². The Labute approximate surface area is 147 Å². The van der Waals surface area contributed by atoms with E-state index in [0.29, 0.717) is 17.9 Å². The van der Waals surface area contributed by atoms with Crippen molar-refractivity contribution >= 4 is 17.9 Å². The fourth-order valence-corrected chi connectivity index (χ4v) is 2.32. The monoisotopic (exact) mass is 336 g/mol. The number of anilines is 1. The van der Waals surface area contributed by atoms with Crippen molar-refractivity contribution in [3.8, 4) is 11.8 Å². The molecule has 0 N–H and O–H groups in total. The molecule has 0 aliphatic carbocycles. The van der Waals surface area contributed by atoms with Crippen LogP contribution in [0.2, 0.25) is 0 Å². The Bertz CT molecular complexity index is 792. The molecule has 0 fully saturated rings. The van der Waals surface area contributed by atoms with Gasteiger partial charge in [0.2, 0.25) is 0 Å². The van der Waals surface area contributed by atoms with Gasteiger partial charge in [0.05, 0.1) is 12.5 Å². The number of hydrogen-bond acceptors (Lipinski definition) is 4. The molecule has 0 heterocycles. The lowest BCUT2D eigenvalue weighted by Crippen LogP contribution is -2.35. The van der Waals surface area contributed by atoms with Crippen LogP contribution in [0.15, 0.2) is 42.5 Å². The number of nitriles is 1. The lowest BCUT2D eigenvalue weighted by atomic mass is 10.1. The smallest absolute Gasteiger partial charge is 0.264 e. The fourth-order valence-electron chi connectivity index (χ4n) is 2.32. The molecule has 2 rings (SSSR count). The first-order chi connectivity index (χ1) is 12.0. The normalized spacial score (nSPS) is 9.96. The van der Waals surface area contributed by atoms with Gasteiger partial charge in [-0.3, -0.25) is 9.59 Å². The van der Waals surface area contributed by atoms with E-state index in [9.17, 15) is 9.59 Å². The Balaban J connectivity index is 2.10. The molecule has 5 nitrogen and oxygen atoms in total. The summed E-state index contributed by atoms with van der Waals surface area (Å²) in [7, 11) is 0. The van der Waals surface area contributed by atoms with Crippen LogP contribution in [0.25, 0.3) is 0 Å². The van der Waals surface area contributed by atoms with E-state index in [1.807, 2.05) is 32.0 Å². The van der Waals surface area contributed by atoms with Crippen molar-refractivity contribution < 1.29 is 14.3 Å². The maximum absolute atomic E-state index is 12.6. The fraction of sp³-hybridized carbons (Fsp3) is 0.250. The first-order valence-electron chi connectivity index (χ1n) is 7.97. The second-order valence-electron chi connectivity index (χ2n) is 5.70. The summed E-state index contributed by atoms with van der Waals surface area (Å²) in [6.07, 6.45) is 0.991. The zero-order valence-electron chi connectivity index (χ0n) is 14.4. The minimum Gasteiger partial charge on any atom is -0.484 e. The largest absolute Gasteiger partial charge is 0.484 e. The average molecular weight is 336 g/mol. The molecule has 25 heavy (non-hydrogen) atoms. The van der Waals surface area contributed by atoms with Gasteiger partial charge in [-0.25, -0.2) is 0 Å². The maximum atomic E-state index is 12.6. The van der Waals surface area contributed by atoms with E-state index in [4.69, 9.17) is 10.00 Å². The number of nitrogens with zero attached hydrogens (tertiary/aromatic N) is 2. The standard InChI is InChI=1S/C20H20N2O3/c1-15-4-7-18(12-16(15)2)22(11-3-10-21)20(24)14-25-19-8-5-17(13-23)6-9-19/h4-9,12-13H,3,11,14H2,1-2H3. The first kappa shape index (κ1) is 18.2. The maximum Gasteiger partial charge on any atom is 0.264 e. The van der Waals surface area contributed by atoms with Gasteiger partial charge in [-0.05, 0) is 61.4 Å². The van der Waals surface area contributed by atoms with Crippen LogP contribution in [0.1, 0.15) is 27.9 Å². The molecule has 1 amide bonds. The van der Waals surface area contributed by atoms with Crippen LogP contribution in [0.3, 0.4) is 0 Å². The Morgan fingerprint density at radius 3 is 2.48 bits per heavy atom. The predicted molar refractivity (Wildman–Crippen MR) is 95.8 cm³/mol. The number of aldehydes is 1. The third-order valence-corrected chi connectivity index (χ3v) is 3.93. The molecule has 0 unspecified atom stereocenters. The molecule has 2 aromatic carbocycles. The van der Waals surface area contributed by atoms with Crippen molar-refractivity contribution in [2.24, 2.45) is 0 Å². The van der Waals surface area contributed by atoms with Gasteiger partial charge < -0.3 is 9.64 Å². The number of ether oxygens (including phenoxy) is 1. The van der Waals surface area contributed by atoms with E-state index in [0.717, 1.165) is 23.1 Å². The van der Waals surface area contributed by atoms with Gasteiger partial charge in [0, 0.05) is 17.8 Å². The van der Waals surface area contributed by atoms with Gasteiger partial charge >= 0.3 is 0 Å². The quantitative estimate of drug-likeness (QED) is 0.726. The van der Waals surface area contributed by atoms with Crippen molar-refractivity contribution in [2.75, 3.05) is 18.1 Å². The van der Waals surface area contributed by atoms with Crippen molar-refractivity contribution in [1.29, 1.82) is 5.26 Å². The number of amides is 1. The second kappa shape index (κ2) is 8.65. The van der Waals surface area contributed by atoms with Crippen molar-refractivity contribution in [1.82, 2.24) is 0 Å². The van der Waals surface area contributed by atoms with Crippen molar-refractivity contribution in [3.63, 3.8) is 0 Å². The van der Waals surface area contributed by atoms with Gasteiger partial charge in [-0.1, -0.05) is 6.07 Å². The minimum atomic E-state index is -0.224. The van der Waals surface area contributed by atoms with Crippen LogP contribution in [0.5, 0.6) is 5.75 Å². The molecule has 0 aliphatic heterocycles. The summed E-state index contributed by atoms with van der Waals surface area (Å²) in [5.41, 5.74) is 3.52. The van der Waals surface area contributed by atoms with Crippen LogP contribution < -0.4 is 9.64 Å². The molecule has 0 saturated carbocycles. The lowest BCUT2D eigenvalue weighted by Gasteiger charge is -2.22. The van der Waals surface area contributed by atoms with Gasteiger partial charge in [-0.2, -0.15) is 5.26 Å². The SMILES string of the molecule is Cc1ccc(N(CCC#N)C(=O)COc2ccc(C=O)cc2)cc1C. The van der Waals surface area contributed by atoms with Crippen LogP contribution in [-0.2, 0) is 4.79 Å². The molecule has 0 radical (unpaired) electrons. The summed E-state index contributed by atoms with van der Waals surface area (Å²) in [6.45, 7) is 4.16. The number of benzene rings is 2. The Morgan fingerprint density at radius 2 is 1.88 bits per heavy atom. The molecule has 0 aromatic heterocycles. The van der Waals surface area contributed by atoms with E-state index >= 15 is 0 Å². The topological polar surface area (TPSA) is 70.4 Å². The van der Waals surface area contributed by atoms with Crippen LogP contribution in [0, 0.1) is 25.2 Å². The minimum absolute atomic E-state index is 0.140. The first-order valence-corrected chi connectivity index (χ1v) is 7.97. The average Bonchev–Trinajstić information content (AvgIpc) is 2.63. The van der Waals surface area contributed by atoms with E-state index in [1.165, 1.54) is 0 Å². The predicted octanol–water partition coefficient (Wildman–Crippen LogP) is 3.44. The Hall–Kier alpha value is -3.13. The van der Waals surface area contributed by atoms with Gasteiger partial charge in [0.1, 0.15) is 12.0 Å². The summed E-state index contributed by atoms with van der Waals surface area (Å²) in [6, 6.07) is 14.4. The molecular formula is C20H20N2O3. The third-order valence-electron chi connectivity index (χ3n) is 3.93. The number of rotatable bonds is 7. The van der Waals surface area contributed by atoms with Crippen molar-refractivity contribution in [3.05, 3.63) is 59.2 Å². The zero-order valence-corrected chi connectivity index (χ0v) is 14.4. The zero-order chi connectivity index (χ0) is 18.2. The summed E-state index contributed by atoms with van der Waals surface area (Å²) in [4.78, 5) is 24.8. The highest BCUT2D eigenvalue weighted by Gasteiger charge is 2.16. The van der Waals surface area contributed by atoms with Gasteiger partial charge in [0.25, 0.3) is 5.91 Å². The second-order valence-corrected chi connectivity index (χ2v) is 5.70. The number of hydrogen-bond donors (Lipinski definition) is 0. The van der Waals surface area contributed by atoms with E-state index < -0.39 is 0 Å². The molecule has 2 aromatic rings. The summed E-state index contributed by atoms with van der Waals surface area (Å²) >= 11 is 0. The van der Waals surface area contributed by atoms with Crippen LogP contribution >= 0.6 is 0 Å². The summed E-state index contributed by atoms with van der Waals surface area (Å²) < 4.78 is 5.51. The molecule has 0 spiro atoms. The number of carbonyl (C=O) groups excluding carboxylic acids is 2. The Kier molecular flexibility index (Phi) is 6.30. The van der Waals surface area contributed by atoms with E-state index in [1.54, 1.807) is 29.2 Å². The number of aryl methyl sites for hydroxylation is 2. The molecule has 128 valence electrons. The molecular weight excluding hydrogens is 316 g/mol. The molecule has 0 atom stereocenters. The van der Waals surface area contributed by atoms with E-state index in [2.05, 4.69) is 6.07 Å².